The topological polar surface area (TPSA) is 84.5 Å². The summed E-state index contributed by atoms with van der Waals surface area (Å²) in [5.41, 5.74) is 1.66. The lowest BCUT2D eigenvalue weighted by Crippen LogP contribution is -2.48. The third-order valence-electron chi connectivity index (χ3n) is 4.58. The molecule has 1 atom stereocenters. The van der Waals surface area contributed by atoms with Gasteiger partial charge in [-0.15, -0.1) is 0 Å². The van der Waals surface area contributed by atoms with Crippen molar-refractivity contribution in [1.29, 1.82) is 0 Å². The van der Waals surface area contributed by atoms with Gasteiger partial charge in [0.15, 0.2) is 0 Å². The highest BCUT2D eigenvalue weighted by Gasteiger charge is 2.28. The van der Waals surface area contributed by atoms with Crippen LogP contribution in [0.25, 0.3) is 0 Å². The molecule has 0 spiro atoms. The second-order valence-corrected chi connectivity index (χ2v) is 8.70. The molecule has 158 valence electrons. The number of aryl methyl sites for hydroxylation is 1. The first-order chi connectivity index (χ1) is 13.9. The molecule has 0 aliphatic rings. The highest BCUT2D eigenvalue weighted by Crippen LogP contribution is 2.25. The number of carbonyl (C=O) groups excluding carboxylic acids is 1. The fourth-order valence-corrected chi connectivity index (χ4v) is 4.44. The van der Waals surface area contributed by atoms with E-state index in [4.69, 9.17) is 4.74 Å². The maximum atomic E-state index is 13.1. The van der Waals surface area contributed by atoms with Gasteiger partial charge in [-0.25, -0.2) is 8.42 Å². The molecular weight excluding hydrogens is 388 g/mol. The van der Waals surface area contributed by atoms with Crippen molar-refractivity contribution < 1.29 is 17.9 Å². The zero-order chi connectivity index (χ0) is 21.3. The van der Waals surface area contributed by atoms with E-state index in [0.717, 1.165) is 30.4 Å². The molecule has 2 aromatic rings. The minimum atomic E-state index is -3.96. The molecule has 0 fully saturated rings. The van der Waals surface area contributed by atoms with Crippen molar-refractivity contribution in [3.8, 4) is 5.75 Å². The van der Waals surface area contributed by atoms with Crippen molar-refractivity contribution in [3.63, 3.8) is 0 Å². The van der Waals surface area contributed by atoms with Crippen LogP contribution >= 0.6 is 0 Å². The number of hydrogen-bond acceptors (Lipinski definition) is 4. The van der Waals surface area contributed by atoms with Crippen LogP contribution in [-0.2, 0) is 21.2 Å². The number of nitrogens with one attached hydrogen (secondary N) is 2. The van der Waals surface area contributed by atoms with Crippen molar-refractivity contribution in [2.75, 3.05) is 13.7 Å². The van der Waals surface area contributed by atoms with Crippen LogP contribution in [0.3, 0.4) is 0 Å². The summed E-state index contributed by atoms with van der Waals surface area (Å²) in [5, 5.41) is 2.85. The van der Waals surface area contributed by atoms with Gasteiger partial charge in [0.1, 0.15) is 16.7 Å². The molecule has 29 heavy (non-hydrogen) atoms. The molecule has 1 unspecified atom stereocenters. The summed E-state index contributed by atoms with van der Waals surface area (Å²) in [6, 6.07) is 13.4. The number of benzene rings is 2. The molecule has 0 radical (unpaired) electrons. The highest BCUT2D eigenvalue weighted by molar-refractivity contribution is 7.89. The van der Waals surface area contributed by atoms with E-state index in [0.29, 0.717) is 6.54 Å². The maximum Gasteiger partial charge on any atom is 0.244 e. The van der Waals surface area contributed by atoms with Crippen molar-refractivity contribution in [1.82, 2.24) is 10.0 Å². The SMILES string of the molecule is CCCCCNC(=O)C(Cc1ccccc1)NS(=O)(=O)c1cc(C)ccc1OC. The number of sulfonamides is 1. The van der Waals surface area contributed by atoms with Gasteiger partial charge in [0.25, 0.3) is 0 Å². The standard InChI is InChI=1S/C22H30N2O4S/c1-4-5-9-14-23-22(25)19(16-18-10-7-6-8-11-18)24-29(26,27)21-15-17(2)12-13-20(21)28-3/h6-8,10-13,15,19,24H,4-5,9,14,16H2,1-3H3,(H,23,25). The lowest BCUT2D eigenvalue weighted by Gasteiger charge is -2.20. The molecule has 6 nitrogen and oxygen atoms in total. The Kier molecular flexibility index (Phi) is 8.67. The lowest BCUT2D eigenvalue weighted by atomic mass is 10.1. The molecule has 1 amide bonds. The number of unbranched alkanes of at least 4 members (excludes halogenated alkanes) is 2. The molecule has 0 saturated heterocycles. The van der Waals surface area contributed by atoms with Gasteiger partial charge < -0.3 is 10.1 Å². The van der Waals surface area contributed by atoms with Crippen LogP contribution in [0.5, 0.6) is 5.75 Å². The third-order valence-corrected chi connectivity index (χ3v) is 6.08. The number of methoxy groups -OCH3 is 1. The number of amides is 1. The Hall–Kier alpha value is -2.38. The van der Waals surface area contributed by atoms with Crippen LogP contribution in [0.2, 0.25) is 0 Å². The van der Waals surface area contributed by atoms with Gasteiger partial charge in [0.05, 0.1) is 7.11 Å². The average Bonchev–Trinajstić information content (AvgIpc) is 2.71. The van der Waals surface area contributed by atoms with Gasteiger partial charge in [-0.1, -0.05) is 56.2 Å². The van der Waals surface area contributed by atoms with Crippen molar-refractivity contribution in [2.24, 2.45) is 0 Å². The van der Waals surface area contributed by atoms with Gasteiger partial charge in [-0.2, -0.15) is 4.72 Å². The van der Waals surface area contributed by atoms with Crippen LogP contribution in [0, 0.1) is 6.92 Å². The van der Waals surface area contributed by atoms with Gasteiger partial charge in [-0.3, -0.25) is 4.79 Å². The Bertz CT molecular complexity index is 898. The predicted molar refractivity (Wildman–Crippen MR) is 115 cm³/mol. The molecule has 0 saturated carbocycles. The smallest absolute Gasteiger partial charge is 0.244 e. The lowest BCUT2D eigenvalue weighted by molar-refractivity contribution is -0.122. The van der Waals surface area contributed by atoms with Gasteiger partial charge in [-0.05, 0) is 43.0 Å². The Labute approximate surface area is 173 Å². The Morgan fingerprint density at radius 2 is 1.83 bits per heavy atom. The van der Waals surface area contributed by atoms with E-state index in [1.807, 2.05) is 30.3 Å². The molecule has 0 aliphatic heterocycles. The third kappa shape index (κ3) is 6.87. The minimum absolute atomic E-state index is 0.0249. The zero-order valence-electron chi connectivity index (χ0n) is 17.3. The van der Waals surface area contributed by atoms with Gasteiger partial charge >= 0.3 is 0 Å². The number of ether oxygens (including phenoxy) is 1. The Morgan fingerprint density at radius 1 is 1.10 bits per heavy atom. The quantitative estimate of drug-likeness (QED) is 0.549. The van der Waals surface area contributed by atoms with E-state index in [1.54, 1.807) is 25.1 Å². The first kappa shape index (κ1) is 22.9. The van der Waals surface area contributed by atoms with Gasteiger partial charge in [0, 0.05) is 6.54 Å². The summed E-state index contributed by atoms with van der Waals surface area (Å²) in [5.74, 6) is -0.0925. The minimum Gasteiger partial charge on any atom is -0.495 e. The molecule has 0 heterocycles. The summed E-state index contributed by atoms with van der Waals surface area (Å²) in [7, 11) is -2.54. The van der Waals surface area contributed by atoms with Crippen molar-refractivity contribution in [2.45, 2.75) is 50.5 Å². The molecule has 2 rings (SSSR count). The van der Waals surface area contributed by atoms with Crippen LogP contribution in [0.15, 0.2) is 53.4 Å². The van der Waals surface area contributed by atoms with Crippen LogP contribution in [0.1, 0.15) is 37.3 Å². The molecule has 7 heteroatoms. The molecule has 0 aliphatic carbocycles. The molecule has 0 aromatic heterocycles. The van der Waals surface area contributed by atoms with E-state index in [2.05, 4.69) is 17.0 Å². The normalized spacial score (nSPS) is 12.4. The van der Waals surface area contributed by atoms with E-state index >= 15 is 0 Å². The summed E-state index contributed by atoms with van der Waals surface area (Å²) < 4.78 is 33.9. The second-order valence-electron chi connectivity index (χ2n) is 7.02. The average molecular weight is 419 g/mol. The molecular formula is C22H30N2O4S. The van der Waals surface area contributed by atoms with E-state index < -0.39 is 16.1 Å². The molecule has 0 bridgehead atoms. The van der Waals surface area contributed by atoms with Crippen LogP contribution < -0.4 is 14.8 Å². The fraction of sp³-hybridized carbons (Fsp3) is 0.409. The highest BCUT2D eigenvalue weighted by atomic mass is 32.2. The predicted octanol–water partition coefficient (Wildman–Crippen LogP) is 3.20. The zero-order valence-corrected chi connectivity index (χ0v) is 18.1. The van der Waals surface area contributed by atoms with Crippen molar-refractivity contribution >= 4 is 15.9 Å². The monoisotopic (exact) mass is 418 g/mol. The van der Waals surface area contributed by atoms with Crippen molar-refractivity contribution in [3.05, 3.63) is 59.7 Å². The first-order valence-electron chi connectivity index (χ1n) is 9.86. The number of hydrogen-bond donors (Lipinski definition) is 2. The summed E-state index contributed by atoms with van der Waals surface area (Å²) >= 11 is 0. The van der Waals surface area contributed by atoms with E-state index in [9.17, 15) is 13.2 Å². The van der Waals surface area contributed by atoms with Crippen LogP contribution in [0.4, 0.5) is 0 Å². The Balaban J connectivity index is 2.25. The summed E-state index contributed by atoms with van der Waals surface area (Å²) in [4.78, 5) is 12.8. The number of rotatable bonds is 11. The fourth-order valence-electron chi connectivity index (χ4n) is 2.99. The van der Waals surface area contributed by atoms with E-state index in [1.165, 1.54) is 7.11 Å². The number of carbonyl (C=O) groups is 1. The van der Waals surface area contributed by atoms with Gasteiger partial charge in [0.2, 0.25) is 15.9 Å². The maximum absolute atomic E-state index is 13.1. The first-order valence-corrected chi connectivity index (χ1v) is 11.3. The summed E-state index contributed by atoms with van der Waals surface area (Å²) in [6.07, 6.45) is 3.17. The largest absolute Gasteiger partial charge is 0.495 e. The Morgan fingerprint density at radius 3 is 2.48 bits per heavy atom. The van der Waals surface area contributed by atoms with Crippen LogP contribution in [-0.4, -0.2) is 34.0 Å². The molecule has 2 aromatic carbocycles. The molecule has 2 N–H and O–H groups in total. The van der Waals surface area contributed by atoms with E-state index in [-0.39, 0.29) is 23.0 Å². The summed E-state index contributed by atoms with van der Waals surface area (Å²) in [6.45, 7) is 4.41. The second kappa shape index (κ2) is 11.0.